The number of nitrogens with zero attached hydrogens (tertiary/aromatic N) is 2. The minimum absolute atomic E-state index is 0.229. The molecule has 0 aliphatic rings. The number of benzene rings is 3. The van der Waals surface area contributed by atoms with E-state index in [0.717, 1.165) is 44.2 Å². The molecule has 3 aromatic carbocycles. The molecule has 0 unspecified atom stereocenters. The van der Waals surface area contributed by atoms with Crippen molar-refractivity contribution in [1.29, 1.82) is 0 Å². The Morgan fingerprint density at radius 1 is 1.10 bits per heavy atom. The van der Waals surface area contributed by atoms with Gasteiger partial charge in [0.2, 0.25) is 0 Å². The molecule has 0 radical (unpaired) electrons. The van der Waals surface area contributed by atoms with E-state index in [2.05, 4.69) is 26.6 Å². The van der Waals surface area contributed by atoms with Crippen molar-refractivity contribution >= 4 is 34.9 Å². The predicted octanol–water partition coefficient (Wildman–Crippen LogP) is 5.24. The molecule has 0 aliphatic carbocycles. The number of carbonyl (C=O) groups excluding carboxylic acids is 1. The zero-order valence-corrected chi connectivity index (χ0v) is 17.7. The maximum absolute atomic E-state index is 12.3. The topological polar surface area (TPSA) is 70.1 Å². The maximum atomic E-state index is 12.3. The highest BCUT2D eigenvalue weighted by molar-refractivity contribution is 7.98. The summed E-state index contributed by atoms with van der Waals surface area (Å²) in [4.78, 5) is 20.2. The highest BCUT2D eigenvalue weighted by atomic mass is 32.2. The molecule has 0 aliphatic heterocycles. The number of hydrazone groups is 1. The van der Waals surface area contributed by atoms with Gasteiger partial charge in [0, 0.05) is 11.3 Å². The highest BCUT2D eigenvalue weighted by Gasteiger charge is 2.06. The zero-order valence-electron chi connectivity index (χ0n) is 16.8. The van der Waals surface area contributed by atoms with E-state index in [9.17, 15) is 4.79 Å². The fraction of sp³-hybridized carbons (Fsp3) is 0.125. The second kappa shape index (κ2) is 8.97. The van der Waals surface area contributed by atoms with Gasteiger partial charge < -0.3 is 4.98 Å². The lowest BCUT2D eigenvalue weighted by Gasteiger charge is -2.04. The molecule has 0 spiro atoms. The van der Waals surface area contributed by atoms with Crippen LogP contribution >= 0.6 is 11.8 Å². The van der Waals surface area contributed by atoms with Gasteiger partial charge in [0.25, 0.3) is 5.91 Å². The summed E-state index contributed by atoms with van der Waals surface area (Å²) in [6.45, 7) is 4.05. The Labute approximate surface area is 179 Å². The molecule has 0 bridgehead atoms. The van der Waals surface area contributed by atoms with Gasteiger partial charge in [-0.1, -0.05) is 59.8 Å². The molecular weight excluding hydrogens is 392 g/mol. The monoisotopic (exact) mass is 414 g/mol. The van der Waals surface area contributed by atoms with Crippen LogP contribution in [0.15, 0.2) is 77.0 Å². The number of aromatic nitrogens is 2. The number of nitrogens with one attached hydrogen (secondary N) is 2. The van der Waals surface area contributed by atoms with Crippen molar-refractivity contribution < 1.29 is 4.79 Å². The minimum Gasteiger partial charge on any atom is -0.333 e. The smallest absolute Gasteiger partial charge is 0.271 e. The van der Waals surface area contributed by atoms with Crippen molar-refractivity contribution in [2.45, 2.75) is 24.8 Å². The molecule has 6 heteroatoms. The summed E-state index contributed by atoms with van der Waals surface area (Å²) in [6, 6.07) is 21.7. The summed E-state index contributed by atoms with van der Waals surface area (Å²) in [6.07, 6.45) is 1.68. The molecule has 1 heterocycles. The van der Waals surface area contributed by atoms with Crippen LogP contribution in [0.3, 0.4) is 0 Å². The Morgan fingerprint density at radius 3 is 2.70 bits per heavy atom. The SMILES string of the molecule is Cc1ccc(C)c(C=NNC(=O)c2ccc(CSc3nc4ccccc4[nH]3)cc2)c1. The number of hydrogen-bond donors (Lipinski definition) is 2. The van der Waals surface area contributed by atoms with Crippen molar-refractivity contribution in [3.05, 3.63) is 94.5 Å². The molecule has 30 heavy (non-hydrogen) atoms. The van der Waals surface area contributed by atoms with Crippen LogP contribution in [0.25, 0.3) is 11.0 Å². The van der Waals surface area contributed by atoms with Crippen LogP contribution in [-0.4, -0.2) is 22.1 Å². The molecule has 1 aromatic heterocycles. The number of aryl methyl sites for hydroxylation is 2. The first-order chi connectivity index (χ1) is 14.6. The molecule has 150 valence electrons. The first-order valence-corrected chi connectivity index (χ1v) is 10.6. The molecular formula is C24H22N4OS. The van der Waals surface area contributed by atoms with E-state index >= 15 is 0 Å². The summed E-state index contributed by atoms with van der Waals surface area (Å²) in [5.74, 6) is 0.542. The van der Waals surface area contributed by atoms with Gasteiger partial charge in [0.1, 0.15) is 0 Å². The number of rotatable bonds is 6. The third kappa shape index (κ3) is 4.78. The predicted molar refractivity (Wildman–Crippen MR) is 123 cm³/mol. The standard InChI is InChI=1S/C24H22N4OS/c1-16-7-8-17(2)20(13-16)14-25-28-23(29)19-11-9-18(10-12-19)15-30-24-26-21-5-3-4-6-22(21)27-24/h3-14H,15H2,1-2H3,(H,26,27)(H,28,29). The molecule has 0 saturated carbocycles. The number of amides is 1. The minimum atomic E-state index is -0.229. The highest BCUT2D eigenvalue weighted by Crippen LogP contribution is 2.23. The summed E-state index contributed by atoms with van der Waals surface area (Å²) >= 11 is 1.64. The van der Waals surface area contributed by atoms with E-state index in [1.165, 1.54) is 0 Å². The van der Waals surface area contributed by atoms with Crippen molar-refractivity contribution in [3.63, 3.8) is 0 Å². The van der Waals surface area contributed by atoms with Crippen LogP contribution in [0, 0.1) is 13.8 Å². The van der Waals surface area contributed by atoms with E-state index in [4.69, 9.17) is 0 Å². The summed E-state index contributed by atoms with van der Waals surface area (Å²) in [5, 5.41) is 4.99. The van der Waals surface area contributed by atoms with Gasteiger partial charge in [0.05, 0.1) is 17.2 Å². The number of H-pyrrole nitrogens is 1. The van der Waals surface area contributed by atoms with Gasteiger partial charge in [-0.15, -0.1) is 0 Å². The number of hydrogen-bond acceptors (Lipinski definition) is 4. The molecule has 5 nitrogen and oxygen atoms in total. The maximum Gasteiger partial charge on any atom is 0.271 e. The van der Waals surface area contributed by atoms with Crippen LogP contribution < -0.4 is 5.43 Å². The Kier molecular flexibility index (Phi) is 5.95. The Hall–Kier alpha value is -3.38. The van der Waals surface area contributed by atoms with Gasteiger partial charge in [-0.3, -0.25) is 4.79 Å². The Balaban J connectivity index is 1.33. The number of para-hydroxylation sites is 2. The third-order valence-electron chi connectivity index (χ3n) is 4.76. The lowest BCUT2D eigenvalue weighted by Crippen LogP contribution is -2.17. The normalized spacial score (nSPS) is 11.3. The van der Waals surface area contributed by atoms with E-state index in [0.29, 0.717) is 5.56 Å². The number of aromatic amines is 1. The average Bonchev–Trinajstić information content (AvgIpc) is 3.18. The van der Waals surface area contributed by atoms with E-state index < -0.39 is 0 Å². The quantitative estimate of drug-likeness (QED) is 0.258. The van der Waals surface area contributed by atoms with Gasteiger partial charge in [-0.25, -0.2) is 10.4 Å². The van der Waals surface area contributed by atoms with Crippen LogP contribution in [0.2, 0.25) is 0 Å². The summed E-state index contributed by atoms with van der Waals surface area (Å²) in [7, 11) is 0. The summed E-state index contributed by atoms with van der Waals surface area (Å²) in [5.41, 5.74) is 9.56. The number of thioether (sulfide) groups is 1. The van der Waals surface area contributed by atoms with E-state index in [1.54, 1.807) is 18.0 Å². The van der Waals surface area contributed by atoms with Crippen molar-refractivity contribution in [2.24, 2.45) is 5.10 Å². The number of imidazole rings is 1. The van der Waals surface area contributed by atoms with Crippen LogP contribution in [0.1, 0.15) is 32.6 Å². The van der Waals surface area contributed by atoms with Crippen molar-refractivity contribution in [2.75, 3.05) is 0 Å². The fourth-order valence-electron chi connectivity index (χ4n) is 3.03. The lowest BCUT2D eigenvalue weighted by atomic mass is 10.1. The van der Waals surface area contributed by atoms with Crippen LogP contribution in [0.4, 0.5) is 0 Å². The first kappa shape index (κ1) is 19.9. The van der Waals surface area contributed by atoms with Gasteiger partial charge in [-0.05, 0) is 54.8 Å². The molecule has 4 rings (SSSR count). The lowest BCUT2D eigenvalue weighted by molar-refractivity contribution is 0.0955. The van der Waals surface area contributed by atoms with Gasteiger partial charge >= 0.3 is 0 Å². The molecule has 0 saturated heterocycles. The number of fused-ring (bicyclic) bond motifs is 1. The first-order valence-electron chi connectivity index (χ1n) is 9.65. The van der Waals surface area contributed by atoms with Gasteiger partial charge in [0.15, 0.2) is 5.16 Å². The Bertz CT molecular complexity index is 1180. The van der Waals surface area contributed by atoms with Crippen LogP contribution in [0.5, 0.6) is 0 Å². The molecule has 2 N–H and O–H groups in total. The fourth-order valence-corrected chi connectivity index (χ4v) is 3.87. The molecule has 4 aromatic rings. The zero-order chi connectivity index (χ0) is 20.9. The largest absolute Gasteiger partial charge is 0.333 e. The molecule has 0 fully saturated rings. The number of carbonyl (C=O) groups is 1. The van der Waals surface area contributed by atoms with E-state index in [-0.39, 0.29) is 5.91 Å². The average molecular weight is 415 g/mol. The van der Waals surface area contributed by atoms with Crippen LogP contribution in [-0.2, 0) is 5.75 Å². The summed E-state index contributed by atoms with van der Waals surface area (Å²) < 4.78 is 0. The molecule has 1 amide bonds. The van der Waals surface area contributed by atoms with Gasteiger partial charge in [-0.2, -0.15) is 5.10 Å². The second-order valence-electron chi connectivity index (χ2n) is 7.10. The Morgan fingerprint density at radius 2 is 1.90 bits per heavy atom. The second-order valence-corrected chi connectivity index (χ2v) is 8.07. The molecule has 0 atom stereocenters. The van der Waals surface area contributed by atoms with Crippen molar-refractivity contribution in [3.8, 4) is 0 Å². The van der Waals surface area contributed by atoms with Crippen molar-refractivity contribution in [1.82, 2.24) is 15.4 Å². The third-order valence-corrected chi connectivity index (χ3v) is 5.71. The van der Waals surface area contributed by atoms with E-state index in [1.807, 2.05) is 74.5 Å².